The second-order valence-corrected chi connectivity index (χ2v) is 16.3. The van der Waals surface area contributed by atoms with Crippen LogP contribution in [0.4, 0.5) is 0 Å². The molecule has 0 saturated heterocycles. The fourth-order valence-corrected chi connectivity index (χ4v) is 3.88. The fourth-order valence-electron chi connectivity index (χ4n) is 2.05. The molecule has 0 saturated carbocycles. The maximum absolute atomic E-state index is 9.97. The van der Waals surface area contributed by atoms with Crippen LogP contribution in [0.3, 0.4) is 0 Å². The van der Waals surface area contributed by atoms with E-state index in [-0.39, 0.29) is 22.3 Å². The van der Waals surface area contributed by atoms with E-state index in [1.165, 1.54) is 0 Å². The number of halogens is 15. The minimum atomic E-state index is -2.35. The van der Waals surface area contributed by atoms with E-state index in [4.69, 9.17) is 174 Å². The molecule has 1 N–H and O–H groups in total. The van der Waals surface area contributed by atoms with Gasteiger partial charge in [-0.2, -0.15) is 0 Å². The van der Waals surface area contributed by atoms with Crippen LogP contribution < -0.4 is 0 Å². The van der Waals surface area contributed by atoms with Crippen molar-refractivity contribution in [1.82, 2.24) is 0 Å². The van der Waals surface area contributed by atoms with Crippen LogP contribution in [0.25, 0.3) is 0 Å². The molecule has 0 unspecified atom stereocenters. The summed E-state index contributed by atoms with van der Waals surface area (Å²) in [7, 11) is 0. The van der Waals surface area contributed by atoms with E-state index < -0.39 is 31.0 Å². The topological polar surface area (TPSA) is 20.2 Å². The maximum atomic E-state index is 9.97. The van der Waals surface area contributed by atoms with Crippen LogP contribution in [0.15, 0.2) is 12.1 Å². The minimum absolute atomic E-state index is 0.158. The fraction of sp³-hybridized carbons (Fsp3) is 0.538. The van der Waals surface area contributed by atoms with Crippen molar-refractivity contribution in [3.63, 3.8) is 0 Å². The van der Waals surface area contributed by atoms with Gasteiger partial charge in [0.15, 0.2) is 13.0 Å². The van der Waals surface area contributed by atoms with Crippen LogP contribution >= 0.6 is 174 Å². The van der Waals surface area contributed by atoms with Crippen molar-refractivity contribution in [2.75, 3.05) is 0 Å². The van der Waals surface area contributed by atoms with Gasteiger partial charge in [0.05, 0.1) is 6.61 Å². The average molecular weight is 709 g/mol. The molecule has 0 aliphatic heterocycles. The lowest BCUT2D eigenvalue weighted by Crippen LogP contribution is -2.36. The Hall–Kier alpha value is 3.53. The molecule has 168 valence electrons. The van der Waals surface area contributed by atoms with Crippen LogP contribution in [0, 0.1) is 0 Å². The predicted molar refractivity (Wildman–Crippen MR) is 133 cm³/mol. The SMILES string of the molecule is OCc1c(C(Cl)(Cl)C(Cl)(Cl)Cl)cc(C(Cl)(Cl)C(Cl)(Cl)Cl)cc1C(Cl)(Cl)C(Cl)(Cl)Cl. The Morgan fingerprint density at radius 1 is 0.517 bits per heavy atom. The number of alkyl halides is 15. The summed E-state index contributed by atoms with van der Waals surface area (Å²) in [4.78, 5) is 0. The van der Waals surface area contributed by atoms with Crippen molar-refractivity contribution in [2.24, 2.45) is 0 Å². The summed E-state index contributed by atoms with van der Waals surface area (Å²) in [5.74, 6) is 0. The first-order valence-electron chi connectivity index (χ1n) is 6.66. The van der Waals surface area contributed by atoms with Gasteiger partial charge in [0, 0.05) is 0 Å². The first kappa shape index (κ1) is 30.6. The van der Waals surface area contributed by atoms with E-state index in [1.54, 1.807) is 0 Å². The zero-order valence-corrected chi connectivity index (χ0v) is 24.3. The summed E-state index contributed by atoms with van der Waals surface area (Å²) in [6.45, 7) is -0.792. The second-order valence-electron chi connectivity index (χ2n) is 5.42. The summed E-state index contributed by atoms with van der Waals surface area (Å²) in [6, 6.07) is 2.25. The highest BCUT2D eigenvalue weighted by Gasteiger charge is 2.55. The van der Waals surface area contributed by atoms with Gasteiger partial charge in [-0.1, -0.05) is 174 Å². The van der Waals surface area contributed by atoms with E-state index in [1.807, 2.05) is 0 Å². The molecule has 0 heterocycles. The van der Waals surface area contributed by atoms with Gasteiger partial charge in [0.1, 0.15) is 0 Å². The Morgan fingerprint density at radius 2 is 0.793 bits per heavy atom. The van der Waals surface area contributed by atoms with Crippen LogP contribution in [-0.4, -0.2) is 16.5 Å². The van der Waals surface area contributed by atoms with Crippen molar-refractivity contribution < 1.29 is 5.11 Å². The molecule has 0 amide bonds. The third-order valence-corrected chi connectivity index (χ3v) is 10.8. The van der Waals surface area contributed by atoms with E-state index >= 15 is 0 Å². The molecule has 0 bridgehead atoms. The molecular weight excluding hydrogens is 704 g/mol. The van der Waals surface area contributed by atoms with E-state index in [0.717, 1.165) is 12.1 Å². The van der Waals surface area contributed by atoms with Gasteiger partial charge < -0.3 is 5.11 Å². The van der Waals surface area contributed by atoms with Gasteiger partial charge in [-0.15, -0.1) is 0 Å². The first-order valence-corrected chi connectivity index (χ1v) is 12.3. The molecule has 1 rings (SSSR count). The predicted octanol–water partition coefficient (Wildman–Crippen LogP) is 10.2. The van der Waals surface area contributed by atoms with Crippen LogP contribution in [0.5, 0.6) is 0 Å². The molecule has 0 aliphatic rings. The van der Waals surface area contributed by atoms with Crippen LogP contribution in [-0.2, 0) is 19.6 Å². The van der Waals surface area contributed by atoms with E-state index in [9.17, 15) is 5.11 Å². The Morgan fingerprint density at radius 3 is 1.00 bits per heavy atom. The van der Waals surface area contributed by atoms with Gasteiger partial charge >= 0.3 is 0 Å². The van der Waals surface area contributed by atoms with Gasteiger partial charge in [0.25, 0.3) is 0 Å². The smallest absolute Gasteiger partial charge is 0.227 e. The molecule has 0 atom stereocenters. The second kappa shape index (κ2) is 9.88. The molecular formula is C13H5Cl15O. The molecule has 1 nitrogen and oxygen atoms in total. The zero-order valence-electron chi connectivity index (χ0n) is 13.0. The Labute approximate surface area is 241 Å². The third kappa shape index (κ3) is 6.21. The molecule has 29 heavy (non-hydrogen) atoms. The number of aliphatic hydroxyl groups excluding tert-OH is 1. The maximum Gasteiger partial charge on any atom is 0.227 e. The molecule has 0 aromatic heterocycles. The zero-order chi connectivity index (χ0) is 23.4. The molecule has 16 heteroatoms. The van der Waals surface area contributed by atoms with Crippen LogP contribution in [0.2, 0.25) is 0 Å². The van der Waals surface area contributed by atoms with Crippen molar-refractivity contribution in [1.29, 1.82) is 0 Å². The lowest BCUT2D eigenvalue weighted by Gasteiger charge is -2.37. The van der Waals surface area contributed by atoms with E-state index in [0.29, 0.717) is 0 Å². The standard InChI is InChI=1S/C13H5Cl15O/c14-8(15,11(20,21)22)4-1-6(9(16,17)12(23,24)25)5(3-29)7(2-4)10(18,19)13(26,27)28/h1-2,29H,3H2. The summed E-state index contributed by atoms with van der Waals surface area (Å²) in [5.41, 5.74) is -0.843. The summed E-state index contributed by atoms with van der Waals surface area (Å²) in [6.07, 6.45) is 0. The van der Waals surface area contributed by atoms with E-state index in [2.05, 4.69) is 0 Å². The van der Waals surface area contributed by atoms with Gasteiger partial charge in [0.2, 0.25) is 11.4 Å². The number of aliphatic hydroxyl groups is 1. The first-order chi connectivity index (χ1) is 12.5. The molecule has 1 aromatic carbocycles. The largest absolute Gasteiger partial charge is 0.392 e. The summed E-state index contributed by atoms with van der Waals surface area (Å²) < 4.78 is -13.9. The quantitative estimate of drug-likeness (QED) is 0.309. The monoisotopic (exact) mass is 702 g/mol. The molecule has 0 radical (unpaired) electrons. The van der Waals surface area contributed by atoms with Crippen molar-refractivity contribution in [2.45, 2.75) is 31.0 Å². The number of benzene rings is 1. The summed E-state index contributed by atoms with van der Waals surface area (Å²) in [5, 5.41) is 9.97. The highest BCUT2D eigenvalue weighted by Crippen LogP contribution is 2.60. The molecule has 0 spiro atoms. The highest BCUT2D eigenvalue weighted by molar-refractivity contribution is 6.77. The Kier molecular flexibility index (Phi) is 10.4. The van der Waals surface area contributed by atoms with Crippen molar-refractivity contribution >= 4 is 174 Å². The highest BCUT2D eigenvalue weighted by atomic mass is 35.6. The van der Waals surface area contributed by atoms with Crippen molar-refractivity contribution in [3.05, 3.63) is 34.4 Å². The number of rotatable bonds is 4. The van der Waals surface area contributed by atoms with Gasteiger partial charge in [-0.25, -0.2) is 0 Å². The van der Waals surface area contributed by atoms with Crippen LogP contribution in [0.1, 0.15) is 22.3 Å². The third-order valence-electron chi connectivity index (χ3n) is 3.52. The number of hydrogen-bond donors (Lipinski definition) is 1. The lowest BCUT2D eigenvalue weighted by molar-refractivity contribution is 0.278. The van der Waals surface area contributed by atoms with Gasteiger partial charge in [-0.05, 0) is 34.4 Å². The molecule has 0 fully saturated rings. The average Bonchev–Trinajstić information content (AvgIpc) is 2.49. The lowest BCUT2D eigenvalue weighted by atomic mass is 9.92. The number of hydrogen-bond acceptors (Lipinski definition) is 1. The normalized spacial score (nSPS) is 15.0. The minimum Gasteiger partial charge on any atom is -0.392 e. The van der Waals surface area contributed by atoms with Crippen molar-refractivity contribution in [3.8, 4) is 0 Å². The Bertz CT molecular complexity index is 706. The summed E-state index contributed by atoms with van der Waals surface area (Å²) >= 11 is 90.6. The molecule has 1 aromatic rings. The Balaban J connectivity index is 4.16. The molecule has 0 aliphatic carbocycles. The van der Waals surface area contributed by atoms with Gasteiger partial charge in [-0.3, -0.25) is 0 Å².